The molecular formula is C23H45N3. The maximum atomic E-state index is 5.66. The third-order valence-corrected chi connectivity index (χ3v) is 5.34. The van der Waals surface area contributed by atoms with E-state index < -0.39 is 0 Å². The lowest BCUT2D eigenvalue weighted by molar-refractivity contribution is 0.456. The quantitative estimate of drug-likeness (QED) is 0.236. The van der Waals surface area contributed by atoms with E-state index in [-0.39, 0.29) is 0 Å². The minimum atomic E-state index is 0.742. The Morgan fingerprint density at radius 3 is 2.04 bits per heavy atom. The van der Waals surface area contributed by atoms with E-state index in [9.17, 15) is 0 Å². The highest BCUT2D eigenvalue weighted by Gasteiger charge is 2.14. The van der Waals surface area contributed by atoms with Crippen molar-refractivity contribution in [3.63, 3.8) is 0 Å². The molecule has 0 saturated heterocycles. The zero-order valence-electron chi connectivity index (χ0n) is 17.6. The highest BCUT2D eigenvalue weighted by Crippen LogP contribution is 2.13. The van der Waals surface area contributed by atoms with Crippen molar-refractivity contribution < 1.29 is 0 Å². The van der Waals surface area contributed by atoms with E-state index in [4.69, 9.17) is 5.73 Å². The van der Waals surface area contributed by atoms with E-state index in [1.54, 1.807) is 0 Å². The minimum Gasteiger partial charge on any atom is -0.357 e. The van der Waals surface area contributed by atoms with Crippen molar-refractivity contribution in [1.29, 1.82) is 0 Å². The standard InChI is InChI=1S/C23H45N3/c1-2-3-4-5-6-7-8-9-10-11-12-13-14-15-16-17-18-23-25-20-22-26(23)21-19-24/h9-10H,2-8,11-22,24H2,1H3. The summed E-state index contributed by atoms with van der Waals surface area (Å²) in [6.07, 6.45) is 25.1. The average Bonchev–Trinajstić information content (AvgIpc) is 3.09. The molecule has 3 nitrogen and oxygen atoms in total. The highest BCUT2D eigenvalue weighted by molar-refractivity contribution is 5.83. The Balaban J connectivity index is 1.80. The SMILES string of the molecule is CCCCCCCCC=CCCCCCCCCC1=NCCN1CCN. The molecule has 26 heavy (non-hydrogen) atoms. The first kappa shape index (κ1) is 23.2. The minimum absolute atomic E-state index is 0.742. The van der Waals surface area contributed by atoms with E-state index in [0.717, 1.165) is 32.6 Å². The van der Waals surface area contributed by atoms with Gasteiger partial charge in [0.25, 0.3) is 0 Å². The Bertz CT molecular complexity index is 362. The Kier molecular flexibility index (Phi) is 15.7. The van der Waals surface area contributed by atoms with E-state index in [1.165, 1.54) is 95.7 Å². The highest BCUT2D eigenvalue weighted by atomic mass is 15.2. The predicted molar refractivity (Wildman–Crippen MR) is 117 cm³/mol. The third-order valence-electron chi connectivity index (χ3n) is 5.34. The molecule has 1 rings (SSSR count). The van der Waals surface area contributed by atoms with Gasteiger partial charge in [-0.2, -0.15) is 0 Å². The molecule has 0 unspecified atom stereocenters. The van der Waals surface area contributed by atoms with Crippen LogP contribution >= 0.6 is 0 Å². The van der Waals surface area contributed by atoms with Crippen LogP contribution in [0.1, 0.15) is 103 Å². The van der Waals surface area contributed by atoms with Gasteiger partial charge in [-0.25, -0.2) is 0 Å². The molecule has 0 bridgehead atoms. The van der Waals surface area contributed by atoms with Crippen molar-refractivity contribution in [2.75, 3.05) is 26.2 Å². The number of aliphatic imine (C=N–C) groups is 1. The topological polar surface area (TPSA) is 41.6 Å². The van der Waals surface area contributed by atoms with Crippen molar-refractivity contribution in [2.45, 2.75) is 103 Å². The van der Waals surface area contributed by atoms with Gasteiger partial charge in [0.15, 0.2) is 0 Å². The van der Waals surface area contributed by atoms with Gasteiger partial charge in [-0.1, -0.05) is 76.9 Å². The number of hydrogen-bond donors (Lipinski definition) is 1. The maximum absolute atomic E-state index is 5.66. The Labute approximate surface area is 163 Å². The predicted octanol–water partition coefficient (Wildman–Crippen LogP) is 6.09. The monoisotopic (exact) mass is 363 g/mol. The second-order valence-corrected chi connectivity index (χ2v) is 7.76. The summed E-state index contributed by atoms with van der Waals surface area (Å²) in [4.78, 5) is 7.00. The van der Waals surface area contributed by atoms with E-state index in [2.05, 4.69) is 29.0 Å². The van der Waals surface area contributed by atoms with E-state index in [1.807, 2.05) is 0 Å². The van der Waals surface area contributed by atoms with E-state index in [0.29, 0.717) is 0 Å². The lowest BCUT2D eigenvalue weighted by Gasteiger charge is -2.19. The summed E-state index contributed by atoms with van der Waals surface area (Å²) in [5.74, 6) is 1.31. The molecule has 0 saturated carbocycles. The fourth-order valence-corrected chi connectivity index (χ4v) is 3.69. The van der Waals surface area contributed by atoms with Crippen LogP contribution in [0.15, 0.2) is 17.1 Å². The molecular weight excluding hydrogens is 318 g/mol. The lowest BCUT2D eigenvalue weighted by atomic mass is 10.1. The summed E-state index contributed by atoms with van der Waals surface area (Å²) < 4.78 is 0. The molecule has 1 aliphatic rings. The summed E-state index contributed by atoms with van der Waals surface area (Å²) >= 11 is 0. The molecule has 0 radical (unpaired) electrons. The number of hydrogen-bond acceptors (Lipinski definition) is 3. The number of amidine groups is 1. The van der Waals surface area contributed by atoms with Gasteiger partial charge < -0.3 is 10.6 Å². The Morgan fingerprint density at radius 1 is 0.846 bits per heavy atom. The zero-order valence-corrected chi connectivity index (χ0v) is 17.6. The molecule has 0 atom stereocenters. The molecule has 152 valence electrons. The number of unbranched alkanes of at least 4 members (excludes halogenated alkanes) is 12. The number of nitrogens with zero attached hydrogens (tertiary/aromatic N) is 2. The average molecular weight is 364 g/mol. The van der Waals surface area contributed by atoms with Crippen molar-refractivity contribution in [3.05, 3.63) is 12.2 Å². The summed E-state index contributed by atoms with van der Waals surface area (Å²) in [6.45, 7) is 6.06. The second kappa shape index (κ2) is 17.6. The maximum Gasteiger partial charge on any atom is 0.0990 e. The zero-order chi connectivity index (χ0) is 18.7. The smallest absolute Gasteiger partial charge is 0.0990 e. The van der Waals surface area contributed by atoms with Gasteiger partial charge in [-0.15, -0.1) is 0 Å². The van der Waals surface area contributed by atoms with Crippen molar-refractivity contribution >= 4 is 5.84 Å². The number of rotatable bonds is 18. The van der Waals surface area contributed by atoms with Crippen LogP contribution < -0.4 is 5.73 Å². The van der Waals surface area contributed by atoms with Gasteiger partial charge in [-0.3, -0.25) is 4.99 Å². The van der Waals surface area contributed by atoms with Crippen LogP contribution in [0.2, 0.25) is 0 Å². The van der Waals surface area contributed by atoms with Gasteiger partial charge in [0.2, 0.25) is 0 Å². The normalized spacial score (nSPS) is 14.5. The second-order valence-electron chi connectivity index (χ2n) is 7.76. The van der Waals surface area contributed by atoms with Crippen LogP contribution in [0, 0.1) is 0 Å². The fraction of sp³-hybridized carbons (Fsp3) is 0.870. The van der Waals surface area contributed by atoms with Gasteiger partial charge in [0.05, 0.1) is 12.4 Å². The van der Waals surface area contributed by atoms with Gasteiger partial charge in [0.1, 0.15) is 0 Å². The van der Waals surface area contributed by atoms with Crippen LogP contribution in [0.4, 0.5) is 0 Å². The molecule has 1 aliphatic heterocycles. The lowest BCUT2D eigenvalue weighted by Crippen LogP contribution is -2.32. The van der Waals surface area contributed by atoms with Crippen LogP contribution in [0.25, 0.3) is 0 Å². The van der Waals surface area contributed by atoms with Crippen LogP contribution in [0.3, 0.4) is 0 Å². The first-order valence-electron chi connectivity index (χ1n) is 11.5. The first-order valence-corrected chi connectivity index (χ1v) is 11.5. The molecule has 1 heterocycles. The fourth-order valence-electron chi connectivity index (χ4n) is 3.69. The number of nitrogens with two attached hydrogens (primary N) is 1. The summed E-state index contributed by atoms with van der Waals surface area (Å²) in [5.41, 5.74) is 5.66. The van der Waals surface area contributed by atoms with Crippen molar-refractivity contribution in [3.8, 4) is 0 Å². The third kappa shape index (κ3) is 12.5. The summed E-state index contributed by atoms with van der Waals surface area (Å²) in [5, 5.41) is 0. The molecule has 0 fully saturated rings. The Hall–Kier alpha value is -0.830. The van der Waals surface area contributed by atoms with E-state index >= 15 is 0 Å². The van der Waals surface area contributed by atoms with Gasteiger partial charge in [0, 0.05) is 26.1 Å². The van der Waals surface area contributed by atoms with Gasteiger partial charge in [-0.05, 0) is 32.1 Å². The summed E-state index contributed by atoms with van der Waals surface area (Å²) in [6, 6.07) is 0. The van der Waals surface area contributed by atoms with Crippen molar-refractivity contribution in [2.24, 2.45) is 10.7 Å². The van der Waals surface area contributed by atoms with Crippen LogP contribution in [0.5, 0.6) is 0 Å². The number of allylic oxidation sites excluding steroid dienone is 2. The molecule has 0 spiro atoms. The largest absolute Gasteiger partial charge is 0.357 e. The molecule has 2 N–H and O–H groups in total. The molecule has 0 aromatic heterocycles. The van der Waals surface area contributed by atoms with Crippen LogP contribution in [-0.4, -0.2) is 36.9 Å². The molecule has 0 amide bonds. The van der Waals surface area contributed by atoms with Crippen LogP contribution in [-0.2, 0) is 0 Å². The first-order chi connectivity index (χ1) is 12.9. The Morgan fingerprint density at radius 2 is 1.42 bits per heavy atom. The van der Waals surface area contributed by atoms with Crippen molar-refractivity contribution in [1.82, 2.24) is 4.90 Å². The molecule has 0 aromatic carbocycles. The molecule has 0 aliphatic carbocycles. The molecule has 0 aromatic rings. The summed E-state index contributed by atoms with van der Waals surface area (Å²) in [7, 11) is 0. The van der Waals surface area contributed by atoms with Gasteiger partial charge >= 0.3 is 0 Å². The molecule has 3 heteroatoms.